The van der Waals surface area contributed by atoms with Gasteiger partial charge in [-0.1, -0.05) is 49.9 Å². The molecule has 24 heavy (non-hydrogen) atoms. The average molecular weight is 329 g/mol. The van der Waals surface area contributed by atoms with Gasteiger partial charge in [-0.25, -0.2) is 0 Å². The maximum Gasteiger partial charge on any atom is 0.240 e. The van der Waals surface area contributed by atoms with E-state index in [2.05, 4.69) is 34.5 Å². The molecule has 0 unspecified atom stereocenters. The van der Waals surface area contributed by atoms with Crippen molar-refractivity contribution >= 4 is 5.91 Å². The molecule has 1 saturated carbocycles. The predicted molar refractivity (Wildman–Crippen MR) is 97.4 cm³/mol. The molecule has 2 fully saturated rings. The molecule has 3 rings (SSSR count). The Morgan fingerprint density at radius 3 is 2.42 bits per heavy atom. The molecule has 4 heteroatoms. The van der Waals surface area contributed by atoms with Crippen LogP contribution in [0, 0.1) is 0 Å². The molecule has 1 aromatic rings. The van der Waals surface area contributed by atoms with Gasteiger partial charge >= 0.3 is 0 Å². The standard InChI is InChI=1S/C20H31N3O/c21-20(10-3-4-11-20)19(24)22-15-17-8-7-9-18(14-17)16-23-12-5-1-2-6-13-23/h7-9,14H,1-6,10-13,15-16,21H2,(H,22,24). The molecule has 0 radical (unpaired) electrons. The van der Waals surface area contributed by atoms with Crippen molar-refractivity contribution < 1.29 is 4.79 Å². The monoisotopic (exact) mass is 329 g/mol. The topological polar surface area (TPSA) is 58.4 Å². The van der Waals surface area contributed by atoms with Crippen LogP contribution in [0.5, 0.6) is 0 Å². The van der Waals surface area contributed by atoms with Crippen LogP contribution < -0.4 is 11.1 Å². The zero-order valence-electron chi connectivity index (χ0n) is 14.7. The van der Waals surface area contributed by atoms with Crippen molar-refractivity contribution in [3.05, 3.63) is 35.4 Å². The van der Waals surface area contributed by atoms with Crippen LogP contribution in [0.15, 0.2) is 24.3 Å². The van der Waals surface area contributed by atoms with Gasteiger partial charge in [0.2, 0.25) is 5.91 Å². The number of nitrogens with zero attached hydrogens (tertiary/aromatic N) is 1. The Bertz CT molecular complexity index is 544. The van der Waals surface area contributed by atoms with Gasteiger partial charge in [-0.15, -0.1) is 0 Å². The van der Waals surface area contributed by atoms with E-state index in [1.165, 1.54) is 44.3 Å². The Balaban J connectivity index is 1.54. The highest BCUT2D eigenvalue weighted by molar-refractivity contribution is 5.86. The van der Waals surface area contributed by atoms with Crippen LogP contribution in [0.25, 0.3) is 0 Å². The number of carbonyl (C=O) groups is 1. The summed E-state index contributed by atoms with van der Waals surface area (Å²) in [6.07, 6.45) is 9.11. The molecule has 3 N–H and O–H groups in total. The van der Waals surface area contributed by atoms with Gasteiger partial charge < -0.3 is 11.1 Å². The van der Waals surface area contributed by atoms with Crippen LogP contribution in [-0.2, 0) is 17.9 Å². The van der Waals surface area contributed by atoms with Crippen molar-refractivity contribution in [1.29, 1.82) is 0 Å². The molecule has 0 spiro atoms. The normalized spacial score (nSPS) is 21.4. The van der Waals surface area contributed by atoms with Crippen molar-refractivity contribution in [1.82, 2.24) is 10.2 Å². The van der Waals surface area contributed by atoms with Crippen molar-refractivity contribution in [2.75, 3.05) is 13.1 Å². The molecule has 1 heterocycles. The molecule has 4 nitrogen and oxygen atoms in total. The summed E-state index contributed by atoms with van der Waals surface area (Å²) in [6, 6.07) is 8.60. The largest absolute Gasteiger partial charge is 0.350 e. The van der Waals surface area contributed by atoms with E-state index in [1.807, 2.05) is 0 Å². The Labute approximate surface area is 145 Å². The Morgan fingerprint density at radius 2 is 1.71 bits per heavy atom. The second-order valence-electron chi connectivity index (χ2n) is 7.56. The number of benzene rings is 1. The summed E-state index contributed by atoms with van der Waals surface area (Å²) in [6.45, 7) is 4.00. The van der Waals surface area contributed by atoms with Crippen LogP contribution in [0.3, 0.4) is 0 Å². The Hall–Kier alpha value is -1.39. The zero-order valence-corrected chi connectivity index (χ0v) is 14.7. The van der Waals surface area contributed by atoms with Gasteiger partial charge in [-0.05, 0) is 49.9 Å². The first-order chi connectivity index (χ1) is 11.7. The summed E-state index contributed by atoms with van der Waals surface area (Å²) in [4.78, 5) is 14.9. The minimum absolute atomic E-state index is 0.0120. The third kappa shape index (κ3) is 4.58. The molecule has 1 aromatic carbocycles. The van der Waals surface area contributed by atoms with Gasteiger partial charge in [0.15, 0.2) is 0 Å². The number of nitrogens with one attached hydrogen (secondary N) is 1. The molecule has 2 aliphatic rings. The minimum atomic E-state index is -0.635. The first-order valence-corrected chi connectivity index (χ1v) is 9.53. The first kappa shape index (κ1) is 17.4. The van der Waals surface area contributed by atoms with Crippen LogP contribution in [0.2, 0.25) is 0 Å². The van der Waals surface area contributed by atoms with Gasteiger partial charge in [0.25, 0.3) is 0 Å². The van der Waals surface area contributed by atoms with Gasteiger partial charge in [0, 0.05) is 13.1 Å². The van der Waals surface area contributed by atoms with E-state index in [9.17, 15) is 4.79 Å². The van der Waals surface area contributed by atoms with E-state index >= 15 is 0 Å². The highest BCUT2D eigenvalue weighted by atomic mass is 16.2. The first-order valence-electron chi connectivity index (χ1n) is 9.53. The Morgan fingerprint density at radius 1 is 1.04 bits per heavy atom. The molecule has 132 valence electrons. The highest BCUT2D eigenvalue weighted by Crippen LogP contribution is 2.27. The fourth-order valence-electron chi connectivity index (χ4n) is 3.98. The fraction of sp³-hybridized carbons (Fsp3) is 0.650. The van der Waals surface area contributed by atoms with Crippen molar-refractivity contribution in [3.63, 3.8) is 0 Å². The van der Waals surface area contributed by atoms with E-state index in [0.717, 1.165) is 37.8 Å². The lowest BCUT2D eigenvalue weighted by Crippen LogP contribution is -2.51. The summed E-state index contributed by atoms with van der Waals surface area (Å²) in [7, 11) is 0. The number of nitrogens with two attached hydrogens (primary N) is 1. The number of carbonyl (C=O) groups excluding carboxylic acids is 1. The second kappa shape index (κ2) is 8.13. The fourth-order valence-corrected chi connectivity index (χ4v) is 3.98. The summed E-state index contributed by atoms with van der Waals surface area (Å²) < 4.78 is 0. The van der Waals surface area contributed by atoms with Gasteiger partial charge in [-0.2, -0.15) is 0 Å². The molecule has 1 saturated heterocycles. The Kier molecular flexibility index (Phi) is 5.90. The van der Waals surface area contributed by atoms with E-state index in [1.54, 1.807) is 0 Å². The highest BCUT2D eigenvalue weighted by Gasteiger charge is 2.36. The number of hydrogen-bond acceptors (Lipinski definition) is 3. The predicted octanol–water partition coefficient (Wildman–Crippen LogP) is 2.95. The minimum Gasteiger partial charge on any atom is -0.350 e. The number of hydrogen-bond donors (Lipinski definition) is 2. The van der Waals surface area contributed by atoms with Crippen LogP contribution in [0.4, 0.5) is 0 Å². The van der Waals surface area contributed by atoms with Gasteiger partial charge in [0.1, 0.15) is 0 Å². The molecule has 1 amide bonds. The number of rotatable bonds is 5. The smallest absolute Gasteiger partial charge is 0.240 e. The summed E-state index contributed by atoms with van der Waals surface area (Å²) in [5.41, 5.74) is 8.09. The van der Waals surface area contributed by atoms with E-state index in [0.29, 0.717) is 6.54 Å². The van der Waals surface area contributed by atoms with E-state index in [-0.39, 0.29) is 5.91 Å². The van der Waals surface area contributed by atoms with Gasteiger partial charge in [-0.3, -0.25) is 9.69 Å². The lowest BCUT2D eigenvalue weighted by molar-refractivity contribution is -0.126. The maximum absolute atomic E-state index is 12.3. The molecule has 0 aromatic heterocycles. The number of amides is 1. The zero-order chi connectivity index (χ0) is 16.8. The molecule has 1 aliphatic carbocycles. The van der Waals surface area contributed by atoms with Crippen LogP contribution in [0.1, 0.15) is 62.5 Å². The van der Waals surface area contributed by atoms with E-state index < -0.39 is 5.54 Å². The quantitative estimate of drug-likeness (QED) is 0.873. The summed E-state index contributed by atoms with van der Waals surface area (Å²) in [5.74, 6) is 0.0120. The van der Waals surface area contributed by atoms with Crippen molar-refractivity contribution in [2.45, 2.75) is 70.0 Å². The average Bonchev–Trinajstić information content (AvgIpc) is 2.88. The second-order valence-corrected chi connectivity index (χ2v) is 7.56. The lowest BCUT2D eigenvalue weighted by atomic mass is 9.98. The van der Waals surface area contributed by atoms with Crippen molar-refractivity contribution in [2.24, 2.45) is 5.73 Å². The van der Waals surface area contributed by atoms with Crippen LogP contribution in [-0.4, -0.2) is 29.4 Å². The third-order valence-electron chi connectivity index (χ3n) is 5.50. The molecular formula is C20H31N3O. The SMILES string of the molecule is NC1(C(=O)NCc2cccc(CN3CCCCCC3)c2)CCCC1. The van der Waals surface area contributed by atoms with Gasteiger partial charge in [0.05, 0.1) is 5.54 Å². The maximum atomic E-state index is 12.3. The third-order valence-corrected chi connectivity index (χ3v) is 5.50. The molecule has 0 atom stereocenters. The van der Waals surface area contributed by atoms with Crippen LogP contribution >= 0.6 is 0 Å². The number of likely N-dealkylation sites (tertiary alicyclic amines) is 1. The lowest BCUT2D eigenvalue weighted by Gasteiger charge is -2.22. The summed E-state index contributed by atoms with van der Waals surface area (Å²) >= 11 is 0. The molecular weight excluding hydrogens is 298 g/mol. The van der Waals surface area contributed by atoms with E-state index in [4.69, 9.17) is 5.73 Å². The molecule has 1 aliphatic heterocycles. The molecule has 0 bridgehead atoms. The van der Waals surface area contributed by atoms with Crippen molar-refractivity contribution in [3.8, 4) is 0 Å². The summed E-state index contributed by atoms with van der Waals surface area (Å²) in [5, 5.41) is 3.04.